The van der Waals surface area contributed by atoms with Gasteiger partial charge in [-0.15, -0.1) is 0 Å². The fraction of sp³-hybridized carbons (Fsp3) is 0.429. The van der Waals surface area contributed by atoms with Crippen LogP contribution >= 0.6 is 11.6 Å². The van der Waals surface area contributed by atoms with Gasteiger partial charge in [-0.25, -0.2) is 8.42 Å². The van der Waals surface area contributed by atoms with E-state index in [0.717, 1.165) is 6.26 Å². The highest BCUT2D eigenvalue weighted by Crippen LogP contribution is 2.20. The van der Waals surface area contributed by atoms with Crippen LogP contribution in [0.1, 0.15) is 24.2 Å². The van der Waals surface area contributed by atoms with Crippen LogP contribution in [0.4, 0.5) is 0 Å². The minimum atomic E-state index is -3.42. The molecule has 0 aliphatic heterocycles. The lowest BCUT2D eigenvalue weighted by Gasteiger charge is -2.10. The van der Waals surface area contributed by atoms with Crippen LogP contribution in [0.15, 0.2) is 23.1 Å². The predicted molar refractivity (Wildman–Crippen MR) is 84.7 cm³/mol. The van der Waals surface area contributed by atoms with Gasteiger partial charge in [0.25, 0.3) is 5.91 Å². The fourth-order valence-corrected chi connectivity index (χ4v) is 2.42. The van der Waals surface area contributed by atoms with Crippen molar-refractivity contribution in [2.75, 3.05) is 19.3 Å². The molecule has 0 aliphatic carbocycles. The van der Waals surface area contributed by atoms with Crippen LogP contribution in [0.25, 0.3) is 0 Å². The Bertz CT molecular complexity index is 671. The number of hydrogen-bond donors (Lipinski definition) is 2. The summed E-state index contributed by atoms with van der Waals surface area (Å²) in [5.74, 6) is -0.725. The van der Waals surface area contributed by atoms with Crippen molar-refractivity contribution in [2.45, 2.75) is 18.7 Å². The van der Waals surface area contributed by atoms with Crippen molar-refractivity contribution in [3.8, 4) is 0 Å². The molecule has 0 heterocycles. The van der Waals surface area contributed by atoms with Crippen LogP contribution in [0.2, 0.25) is 5.02 Å². The normalized spacial score (nSPS) is 11.3. The van der Waals surface area contributed by atoms with Gasteiger partial charge in [0.2, 0.25) is 5.91 Å². The van der Waals surface area contributed by atoms with Crippen molar-refractivity contribution in [2.24, 2.45) is 5.92 Å². The molecule has 0 bridgehead atoms. The summed E-state index contributed by atoms with van der Waals surface area (Å²) in [6.45, 7) is 4.04. The van der Waals surface area contributed by atoms with Crippen molar-refractivity contribution in [3.05, 3.63) is 28.8 Å². The van der Waals surface area contributed by atoms with Gasteiger partial charge in [0, 0.05) is 25.3 Å². The van der Waals surface area contributed by atoms with Gasteiger partial charge >= 0.3 is 0 Å². The van der Waals surface area contributed by atoms with Crippen LogP contribution < -0.4 is 10.6 Å². The van der Waals surface area contributed by atoms with Crippen molar-refractivity contribution < 1.29 is 18.0 Å². The summed E-state index contributed by atoms with van der Waals surface area (Å²) < 4.78 is 23.0. The monoisotopic (exact) mass is 346 g/mol. The number of sulfone groups is 1. The van der Waals surface area contributed by atoms with Crippen LogP contribution in [-0.2, 0) is 14.6 Å². The Morgan fingerprint density at radius 1 is 1.18 bits per heavy atom. The van der Waals surface area contributed by atoms with E-state index in [1.54, 1.807) is 13.8 Å². The lowest BCUT2D eigenvalue weighted by Crippen LogP contribution is -2.36. The molecule has 0 aliphatic rings. The molecule has 0 unspecified atom stereocenters. The van der Waals surface area contributed by atoms with Crippen LogP contribution in [-0.4, -0.2) is 39.6 Å². The maximum atomic E-state index is 12.0. The number of carbonyl (C=O) groups excluding carboxylic acids is 2. The molecule has 0 radical (unpaired) electrons. The van der Waals surface area contributed by atoms with Gasteiger partial charge in [0.15, 0.2) is 9.84 Å². The van der Waals surface area contributed by atoms with E-state index in [1.807, 2.05) is 0 Å². The van der Waals surface area contributed by atoms with Gasteiger partial charge in [-0.05, 0) is 18.2 Å². The zero-order valence-electron chi connectivity index (χ0n) is 12.6. The quantitative estimate of drug-likeness (QED) is 0.758. The predicted octanol–water partition coefficient (Wildman–Crippen LogP) is 1.25. The lowest BCUT2D eigenvalue weighted by molar-refractivity contribution is -0.123. The summed E-state index contributed by atoms with van der Waals surface area (Å²) in [6, 6.07) is 3.95. The lowest BCUT2D eigenvalue weighted by atomic mass is 10.2. The molecule has 0 spiro atoms. The number of amides is 2. The fourth-order valence-electron chi connectivity index (χ4n) is 1.57. The van der Waals surface area contributed by atoms with Gasteiger partial charge < -0.3 is 10.6 Å². The van der Waals surface area contributed by atoms with E-state index in [2.05, 4.69) is 10.6 Å². The molecule has 0 atom stereocenters. The molecule has 1 aromatic rings. The minimum absolute atomic E-state index is 0.0233. The van der Waals surface area contributed by atoms with Gasteiger partial charge in [-0.3, -0.25) is 9.59 Å². The van der Waals surface area contributed by atoms with Gasteiger partial charge in [0.1, 0.15) is 0 Å². The van der Waals surface area contributed by atoms with Gasteiger partial charge in [-0.1, -0.05) is 25.4 Å². The average Bonchev–Trinajstić information content (AvgIpc) is 2.42. The Balaban J connectivity index is 2.68. The minimum Gasteiger partial charge on any atom is -0.354 e. The first-order valence-corrected chi connectivity index (χ1v) is 8.95. The number of rotatable bonds is 6. The molecule has 8 heteroatoms. The maximum Gasteiger partial charge on any atom is 0.252 e. The molecule has 122 valence electrons. The highest BCUT2D eigenvalue weighted by atomic mass is 35.5. The zero-order chi connectivity index (χ0) is 16.9. The topological polar surface area (TPSA) is 92.3 Å². The Hall–Kier alpha value is -1.60. The Morgan fingerprint density at radius 3 is 2.32 bits per heavy atom. The Kier molecular flexibility index (Phi) is 6.37. The molecule has 0 aromatic heterocycles. The number of nitrogens with one attached hydrogen (secondary N) is 2. The standard InChI is InChI=1S/C14H19ClN2O4S/c1-9(2)13(18)16-6-7-17-14(19)11-8-10(22(3,20)21)4-5-12(11)15/h4-5,8-9H,6-7H2,1-3H3,(H,16,18)(H,17,19). The molecule has 1 aromatic carbocycles. The first-order chi connectivity index (χ1) is 10.1. The van der Waals surface area contributed by atoms with E-state index in [4.69, 9.17) is 11.6 Å². The largest absolute Gasteiger partial charge is 0.354 e. The van der Waals surface area contributed by atoms with Gasteiger partial charge in [0.05, 0.1) is 15.5 Å². The van der Waals surface area contributed by atoms with E-state index >= 15 is 0 Å². The first kappa shape index (κ1) is 18.4. The maximum absolute atomic E-state index is 12.0. The summed E-state index contributed by atoms with van der Waals surface area (Å²) in [6.07, 6.45) is 1.05. The number of benzene rings is 1. The third kappa shape index (κ3) is 5.31. The molecular formula is C14H19ClN2O4S. The molecule has 0 saturated carbocycles. The SMILES string of the molecule is CC(C)C(=O)NCCNC(=O)c1cc(S(C)(=O)=O)ccc1Cl. The molecule has 1 rings (SSSR count). The summed E-state index contributed by atoms with van der Waals surface area (Å²) in [5.41, 5.74) is 0.0831. The van der Waals surface area contributed by atoms with Crippen molar-refractivity contribution >= 4 is 33.3 Å². The highest BCUT2D eigenvalue weighted by molar-refractivity contribution is 7.90. The summed E-state index contributed by atoms with van der Waals surface area (Å²) in [4.78, 5) is 23.4. The third-order valence-electron chi connectivity index (χ3n) is 2.84. The molecule has 0 saturated heterocycles. The average molecular weight is 347 g/mol. The molecule has 0 fully saturated rings. The van der Waals surface area contributed by atoms with E-state index in [-0.39, 0.29) is 40.4 Å². The van der Waals surface area contributed by atoms with Crippen LogP contribution in [0.5, 0.6) is 0 Å². The molecule has 2 amide bonds. The number of carbonyl (C=O) groups is 2. The van der Waals surface area contributed by atoms with Crippen molar-refractivity contribution in [3.63, 3.8) is 0 Å². The second-order valence-corrected chi connectivity index (χ2v) is 7.54. The second kappa shape index (κ2) is 7.60. The second-order valence-electron chi connectivity index (χ2n) is 5.12. The van der Waals surface area contributed by atoms with Crippen molar-refractivity contribution in [1.29, 1.82) is 0 Å². The smallest absolute Gasteiger partial charge is 0.252 e. The van der Waals surface area contributed by atoms with E-state index in [9.17, 15) is 18.0 Å². The van der Waals surface area contributed by atoms with Gasteiger partial charge in [-0.2, -0.15) is 0 Å². The molecule has 6 nitrogen and oxygen atoms in total. The first-order valence-electron chi connectivity index (χ1n) is 6.68. The summed E-state index contributed by atoms with van der Waals surface area (Å²) >= 11 is 5.92. The van der Waals surface area contributed by atoms with Crippen LogP contribution in [0.3, 0.4) is 0 Å². The van der Waals surface area contributed by atoms with E-state index < -0.39 is 15.7 Å². The highest BCUT2D eigenvalue weighted by Gasteiger charge is 2.15. The zero-order valence-corrected chi connectivity index (χ0v) is 14.2. The van der Waals surface area contributed by atoms with E-state index in [1.165, 1.54) is 18.2 Å². The summed E-state index contributed by atoms with van der Waals surface area (Å²) in [5, 5.41) is 5.40. The number of halogens is 1. The Labute approximate surface area is 135 Å². The molecule has 22 heavy (non-hydrogen) atoms. The van der Waals surface area contributed by atoms with Crippen molar-refractivity contribution in [1.82, 2.24) is 10.6 Å². The van der Waals surface area contributed by atoms with E-state index in [0.29, 0.717) is 0 Å². The summed E-state index contributed by atoms with van der Waals surface area (Å²) in [7, 11) is -3.42. The molecule has 2 N–H and O–H groups in total. The molecular weight excluding hydrogens is 328 g/mol. The Morgan fingerprint density at radius 2 is 1.77 bits per heavy atom. The number of hydrogen-bond acceptors (Lipinski definition) is 4. The third-order valence-corrected chi connectivity index (χ3v) is 4.28. The van der Waals surface area contributed by atoms with Crippen LogP contribution in [0, 0.1) is 5.92 Å².